The van der Waals surface area contributed by atoms with Gasteiger partial charge in [0.25, 0.3) is 0 Å². The largest absolute Gasteiger partial charge is 0.465 e. The first kappa shape index (κ1) is 13.5. The molecule has 0 saturated heterocycles. The molecule has 1 aliphatic rings. The van der Waals surface area contributed by atoms with E-state index in [2.05, 4.69) is 5.32 Å². The van der Waals surface area contributed by atoms with Crippen LogP contribution in [0.3, 0.4) is 0 Å². The molecule has 16 heavy (non-hydrogen) atoms. The molecule has 0 aliphatic heterocycles. The van der Waals surface area contributed by atoms with Crippen LogP contribution in [-0.4, -0.2) is 36.9 Å². The average Bonchev–Trinajstić information content (AvgIpc) is 2.73. The van der Waals surface area contributed by atoms with Crippen LogP contribution in [0.1, 0.15) is 33.1 Å². The van der Waals surface area contributed by atoms with Gasteiger partial charge >= 0.3 is 5.97 Å². The second kappa shape index (κ2) is 6.86. The zero-order valence-electron chi connectivity index (χ0n) is 10.2. The zero-order valence-corrected chi connectivity index (χ0v) is 10.2. The van der Waals surface area contributed by atoms with Gasteiger partial charge in [0.2, 0.25) is 0 Å². The van der Waals surface area contributed by atoms with E-state index >= 15 is 0 Å². The molecule has 1 saturated carbocycles. The average molecular weight is 229 g/mol. The first-order valence-corrected chi connectivity index (χ1v) is 6.19. The van der Waals surface area contributed by atoms with Crippen molar-refractivity contribution >= 4 is 5.97 Å². The molecular weight excluding hydrogens is 206 g/mol. The molecule has 4 heteroatoms. The van der Waals surface area contributed by atoms with Gasteiger partial charge in [0.05, 0.1) is 6.61 Å². The standard InChI is InChI=1S/C12H23NO3/c1-3-16-12(15)9(2)13-7-10-5-4-6-11(10)8-14/h9-11,13-14H,3-8H2,1-2H3. The summed E-state index contributed by atoms with van der Waals surface area (Å²) in [7, 11) is 0. The Labute approximate surface area is 97.4 Å². The monoisotopic (exact) mass is 229 g/mol. The van der Waals surface area contributed by atoms with Gasteiger partial charge < -0.3 is 15.2 Å². The number of aliphatic hydroxyl groups excluding tert-OH is 1. The number of hydrogen-bond donors (Lipinski definition) is 2. The van der Waals surface area contributed by atoms with Gasteiger partial charge in [0.15, 0.2) is 0 Å². The highest BCUT2D eigenvalue weighted by molar-refractivity contribution is 5.75. The minimum Gasteiger partial charge on any atom is -0.465 e. The van der Waals surface area contributed by atoms with E-state index in [9.17, 15) is 9.90 Å². The van der Waals surface area contributed by atoms with E-state index in [4.69, 9.17) is 4.74 Å². The minimum atomic E-state index is -0.250. The second-order valence-electron chi connectivity index (χ2n) is 4.52. The van der Waals surface area contributed by atoms with Gasteiger partial charge in [-0.1, -0.05) is 6.42 Å². The smallest absolute Gasteiger partial charge is 0.322 e. The Morgan fingerprint density at radius 1 is 1.50 bits per heavy atom. The molecular formula is C12H23NO3. The van der Waals surface area contributed by atoms with Crippen LogP contribution in [-0.2, 0) is 9.53 Å². The Balaban J connectivity index is 2.25. The first-order chi connectivity index (χ1) is 7.69. The molecule has 2 N–H and O–H groups in total. The van der Waals surface area contributed by atoms with Crippen LogP contribution in [0.4, 0.5) is 0 Å². The summed E-state index contributed by atoms with van der Waals surface area (Å²) in [6, 6.07) is -0.250. The van der Waals surface area contributed by atoms with Crippen LogP contribution >= 0.6 is 0 Å². The van der Waals surface area contributed by atoms with Crippen molar-refractivity contribution in [1.82, 2.24) is 5.32 Å². The summed E-state index contributed by atoms with van der Waals surface area (Å²) >= 11 is 0. The number of carbonyl (C=O) groups is 1. The van der Waals surface area contributed by atoms with Crippen molar-refractivity contribution in [1.29, 1.82) is 0 Å². The molecule has 0 aromatic carbocycles. The third-order valence-corrected chi connectivity index (χ3v) is 3.38. The Hall–Kier alpha value is -0.610. The van der Waals surface area contributed by atoms with Crippen molar-refractivity contribution in [3.63, 3.8) is 0 Å². The number of nitrogens with one attached hydrogen (secondary N) is 1. The van der Waals surface area contributed by atoms with E-state index in [1.54, 1.807) is 0 Å². The molecule has 3 unspecified atom stereocenters. The van der Waals surface area contributed by atoms with Crippen molar-refractivity contribution in [2.24, 2.45) is 11.8 Å². The maximum absolute atomic E-state index is 11.4. The Morgan fingerprint density at radius 2 is 2.19 bits per heavy atom. The lowest BCUT2D eigenvalue weighted by molar-refractivity contribution is -0.145. The highest BCUT2D eigenvalue weighted by Crippen LogP contribution is 2.30. The van der Waals surface area contributed by atoms with Gasteiger partial charge in [-0.15, -0.1) is 0 Å². The van der Waals surface area contributed by atoms with Gasteiger partial charge in [-0.05, 0) is 45.1 Å². The molecule has 0 heterocycles. The van der Waals surface area contributed by atoms with Crippen LogP contribution in [0.25, 0.3) is 0 Å². The number of carbonyl (C=O) groups excluding carboxylic acids is 1. The summed E-state index contributed by atoms with van der Waals surface area (Å²) in [5.41, 5.74) is 0. The highest BCUT2D eigenvalue weighted by atomic mass is 16.5. The molecule has 1 fully saturated rings. The van der Waals surface area contributed by atoms with Gasteiger partial charge in [0.1, 0.15) is 6.04 Å². The lowest BCUT2D eigenvalue weighted by atomic mass is 9.97. The molecule has 3 atom stereocenters. The predicted molar refractivity (Wildman–Crippen MR) is 62.0 cm³/mol. The third kappa shape index (κ3) is 3.76. The first-order valence-electron chi connectivity index (χ1n) is 6.19. The molecule has 0 radical (unpaired) electrons. The van der Waals surface area contributed by atoms with Crippen molar-refractivity contribution in [2.45, 2.75) is 39.2 Å². The number of aliphatic hydroxyl groups is 1. The van der Waals surface area contributed by atoms with Crippen molar-refractivity contribution in [3.05, 3.63) is 0 Å². The molecule has 0 bridgehead atoms. The lowest BCUT2D eigenvalue weighted by Gasteiger charge is -2.20. The maximum Gasteiger partial charge on any atom is 0.322 e. The molecule has 1 rings (SSSR count). The van der Waals surface area contributed by atoms with E-state index in [0.717, 1.165) is 19.4 Å². The van der Waals surface area contributed by atoms with Crippen molar-refractivity contribution in [2.75, 3.05) is 19.8 Å². The summed E-state index contributed by atoms with van der Waals surface area (Å²) in [5, 5.41) is 12.4. The van der Waals surface area contributed by atoms with Crippen LogP contribution in [0, 0.1) is 11.8 Å². The SMILES string of the molecule is CCOC(=O)C(C)NCC1CCCC1CO. The normalized spacial score (nSPS) is 26.7. The molecule has 0 spiro atoms. The van der Waals surface area contributed by atoms with E-state index in [0.29, 0.717) is 18.4 Å². The molecule has 4 nitrogen and oxygen atoms in total. The second-order valence-corrected chi connectivity index (χ2v) is 4.52. The van der Waals surface area contributed by atoms with Crippen LogP contribution in [0.2, 0.25) is 0 Å². The van der Waals surface area contributed by atoms with E-state index in [1.807, 2.05) is 13.8 Å². The Bertz CT molecular complexity index is 220. The van der Waals surface area contributed by atoms with Crippen molar-refractivity contribution in [3.8, 4) is 0 Å². The summed E-state index contributed by atoms with van der Waals surface area (Å²) in [5.74, 6) is 0.713. The van der Waals surface area contributed by atoms with E-state index < -0.39 is 0 Å². The van der Waals surface area contributed by atoms with Crippen LogP contribution in [0.5, 0.6) is 0 Å². The minimum absolute atomic E-state index is 0.193. The number of hydrogen-bond acceptors (Lipinski definition) is 4. The zero-order chi connectivity index (χ0) is 12.0. The van der Waals surface area contributed by atoms with Crippen molar-refractivity contribution < 1.29 is 14.6 Å². The molecule has 0 amide bonds. The van der Waals surface area contributed by atoms with Gasteiger partial charge in [-0.3, -0.25) is 4.79 Å². The molecule has 94 valence electrons. The van der Waals surface area contributed by atoms with Gasteiger partial charge in [0, 0.05) is 6.61 Å². The summed E-state index contributed by atoms with van der Waals surface area (Å²) in [4.78, 5) is 11.4. The maximum atomic E-state index is 11.4. The summed E-state index contributed by atoms with van der Waals surface area (Å²) in [6.07, 6.45) is 3.44. The lowest BCUT2D eigenvalue weighted by Crippen LogP contribution is -2.39. The van der Waals surface area contributed by atoms with E-state index in [1.165, 1.54) is 6.42 Å². The van der Waals surface area contributed by atoms with E-state index in [-0.39, 0.29) is 18.6 Å². The predicted octanol–water partition coefficient (Wildman–Crippen LogP) is 0.936. The fourth-order valence-corrected chi connectivity index (χ4v) is 2.30. The van der Waals surface area contributed by atoms with Crippen LogP contribution < -0.4 is 5.32 Å². The Kier molecular flexibility index (Phi) is 5.77. The topological polar surface area (TPSA) is 58.6 Å². The quantitative estimate of drug-likeness (QED) is 0.665. The fourth-order valence-electron chi connectivity index (χ4n) is 2.30. The fraction of sp³-hybridized carbons (Fsp3) is 0.917. The molecule has 0 aromatic rings. The van der Waals surface area contributed by atoms with Gasteiger partial charge in [-0.2, -0.15) is 0 Å². The number of esters is 1. The molecule has 1 aliphatic carbocycles. The molecule has 0 aromatic heterocycles. The Morgan fingerprint density at radius 3 is 2.81 bits per heavy atom. The van der Waals surface area contributed by atoms with Gasteiger partial charge in [-0.25, -0.2) is 0 Å². The van der Waals surface area contributed by atoms with Crippen LogP contribution in [0.15, 0.2) is 0 Å². The summed E-state index contributed by atoms with van der Waals surface area (Å²) in [6.45, 7) is 5.11. The number of ether oxygens (including phenoxy) is 1. The number of rotatable bonds is 6. The summed E-state index contributed by atoms with van der Waals surface area (Å²) < 4.78 is 4.92. The third-order valence-electron chi connectivity index (χ3n) is 3.38. The highest BCUT2D eigenvalue weighted by Gasteiger charge is 2.27.